The largest absolute Gasteiger partial charge is 0.356 e. The fraction of sp³-hybridized carbons (Fsp3) is 0.250. The summed E-state index contributed by atoms with van der Waals surface area (Å²) in [4.78, 5) is 7.36. The number of pyridine rings is 1. The van der Waals surface area contributed by atoms with Crippen molar-refractivity contribution < 1.29 is 0 Å². The Morgan fingerprint density at radius 1 is 1.07 bits per heavy atom. The van der Waals surface area contributed by atoms with Crippen molar-refractivity contribution in [2.24, 2.45) is 0 Å². The van der Waals surface area contributed by atoms with Crippen molar-refractivity contribution in [1.82, 2.24) is 4.98 Å². The van der Waals surface area contributed by atoms with E-state index in [1.807, 2.05) is 30.3 Å². The Kier molecular flexibility index (Phi) is 5.32. The Labute approximate surface area is 170 Å². The molecule has 0 saturated carbocycles. The first kappa shape index (κ1) is 18.5. The molecule has 0 spiro atoms. The lowest BCUT2D eigenvalue weighted by Crippen LogP contribution is -2.30. The fourth-order valence-corrected chi connectivity index (χ4v) is 3.84. The third kappa shape index (κ3) is 3.88. The van der Waals surface area contributed by atoms with Gasteiger partial charge in [0.2, 0.25) is 0 Å². The molecule has 4 rings (SSSR count). The van der Waals surface area contributed by atoms with Crippen molar-refractivity contribution >= 4 is 40.0 Å². The van der Waals surface area contributed by atoms with Crippen molar-refractivity contribution in [1.29, 1.82) is 5.26 Å². The quantitative estimate of drug-likeness (QED) is 0.498. The summed E-state index contributed by atoms with van der Waals surface area (Å²) in [7, 11) is 0. The van der Waals surface area contributed by atoms with E-state index in [0.29, 0.717) is 10.6 Å². The van der Waals surface area contributed by atoms with Crippen LogP contribution in [0.5, 0.6) is 0 Å². The van der Waals surface area contributed by atoms with Crippen LogP contribution in [0.3, 0.4) is 0 Å². The first-order valence-corrected chi connectivity index (χ1v) is 10.1. The maximum Gasteiger partial charge on any atom is 0.136 e. The third-order valence-electron chi connectivity index (χ3n) is 5.21. The van der Waals surface area contributed by atoms with Crippen molar-refractivity contribution in [3.05, 3.63) is 70.2 Å². The van der Waals surface area contributed by atoms with Crippen LogP contribution in [0, 0.1) is 18.3 Å². The fourth-order valence-electron chi connectivity index (χ4n) is 3.71. The summed E-state index contributed by atoms with van der Waals surface area (Å²) in [5, 5.41) is 11.5. The minimum atomic E-state index is 0.614. The molecule has 3 nitrogen and oxygen atoms in total. The molecule has 0 amide bonds. The van der Waals surface area contributed by atoms with Gasteiger partial charge in [-0.15, -0.1) is 0 Å². The number of piperidine rings is 1. The average molecular weight is 388 g/mol. The summed E-state index contributed by atoms with van der Waals surface area (Å²) in [5.41, 5.74) is 4.67. The van der Waals surface area contributed by atoms with E-state index in [0.717, 1.165) is 40.9 Å². The van der Waals surface area contributed by atoms with Gasteiger partial charge in [-0.3, -0.25) is 0 Å². The molecule has 1 aliphatic heterocycles. The van der Waals surface area contributed by atoms with Crippen molar-refractivity contribution in [2.75, 3.05) is 18.0 Å². The van der Waals surface area contributed by atoms with Crippen molar-refractivity contribution in [3.8, 4) is 6.07 Å². The number of nitriles is 1. The highest BCUT2D eigenvalue weighted by atomic mass is 35.5. The van der Waals surface area contributed by atoms with Crippen LogP contribution in [0.2, 0.25) is 5.02 Å². The van der Waals surface area contributed by atoms with E-state index in [1.165, 1.54) is 24.8 Å². The van der Waals surface area contributed by atoms with Crippen molar-refractivity contribution in [3.63, 3.8) is 0 Å². The Bertz CT molecular complexity index is 1070. The average Bonchev–Trinajstić information content (AvgIpc) is 2.73. The molecule has 140 valence electrons. The van der Waals surface area contributed by atoms with E-state index in [2.05, 4.69) is 42.2 Å². The van der Waals surface area contributed by atoms with Crippen LogP contribution in [0.15, 0.2) is 48.5 Å². The van der Waals surface area contributed by atoms with Gasteiger partial charge in [-0.2, -0.15) is 5.26 Å². The van der Waals surface area contributed by atoms with Crippen LogP contribution < -0.4 is 4.90 Å². The number of hydrogen-bond acceptors (Lipinski definition) is 3. The Morgan fingerprint density at radius 3 is 2.54 bits per heavy atom. The van der Waals surface area contributed by atoms with Gasteiger partial charge in [-0.05, 0) is 67.7 Å². The minimum Gasteiger partial charge on any atom is -0.356 e. The molecule has 0 atom stereocenters. The SMILES string of the molecule is Cc1ccc2cc(/C=C(/C#N)c3ccc(Cl)cc3)c(N3CCCCC3)nc2c1. The molecule has 4 heteroatoms. The van der Waals surface area contributed by atoms with Gasteiger partial charge in [-0.25, -0.2) is 4.98 Å². The molecule has 3 aromatic rings. The zero-order valence-corrected chi connectivity index (χ0v) is 16.7. The van der Waals surface area contributed by atoms with E-state index < -0.39 is 0 Å². The predicted octanol–water partition coefficient (Wildman–Crippen LogP) is 6.25. The lowest BCUT2D eigenvalue weighted by Gasteiger charge is -2.29. The number of allylic oxidation sites excluding steroid dienone is 1. The monoisotopic (exact) mass is 387 g/mol. The van der Waals surface area contributed by atoms with E-state index in [1.54, 1.807) is 0 Å². The molecule has 1 saturated heterocycles. The number of fused-ring (bicyclic) bond motifs is 1. The molecule has 0 bridgehead atoms. The van der Waals surface area contributed by atoms with Crippen LogP contribution in [0.25, 0.3) is 22.6 Å². The number of aryl methyl sites for hydroxylation is 1. The molecule has 1 fully saturated rings. The van der Waals surface area contributed by atoms with E-state index in [-0.39, 0.29) is 0 Å². The van der Waals surface area contributed by atoms with Gasteiger partial charge in [0.25, 0.3) is 0 Å². The number of halogens is 1. The van der Waals surface area contributed by atoms with Gasteiger partial charge in [0.05, 0.1) is 17.2 Å². The van der Waals surface area contributed by atoms with Crippen molar-refractivity contribution in [2.45, 2.75) is 26.2 Å². The van der Waals surface area contributed by atoms with Gasteiger partial charge >= 0.3 is 0 Å². The zero-order valence-electron chi connectivity index (χ0n) is 16.0. The first-order chi connectivity index (χ1) is 13.6. The molecule has 0 aliphatic carbocycles. The normalized spacial score (nSPS) is 14.9. The van der Waals surface area contributed by atoms with Gasteiger partial charge in [0.15, 0.2) is 0 Å². The first-order valence-electron chi connectivity index (χ1n) is 9.68. The second kappa shape index (κ2) is 8.04. The van der Waals surface area contributed by atoms with Crippen LogP contribution in [-0.4, -0.2) is 18.1 Å². The molecule has 2 heterocycles. The highest BCUT2D eigenvalue weighted by Crippen LogP contribution is 2.30. The number of anilines is 1. The molecule has 1 aliphatic rings. The lowest BCUT2D eigenvalue weighted by molar-refractivity contribution is 0.574. The van der Waals surface area contributed by atoms with Crippen LogP contribution >= 0.6 is 11.6 Å². The number of aromatic nitrogens is 1. The van der Waals surface area contributed by atoms with Crippen LogP contribution in [-0.2, 0) is 0 Å². The maximum absolute atomic E-state index is 9.78. The summed E-state index contributed by atoms with van der Waals surface area (Å²) < 4.78 is 0. The maximum atomic E-state index is 9.78. The second-order valence-corrected chi connectivity index (χ2v) is 7.76. The smallest absolute Gasteiger partial charge is 0.136 e. The topological polar surface area (TPSA) is 39.9 Å². The standard InChI is InChI=1S/C24H22ClN3/c1-17-5-6-19-14-20(15-21(16-26)18-7-9-22(25)10-8-18)24(27-23(19)13-17)28-11-3-2-4-12-28/h5-10,13-15H,2-4,11-12H2,1H3/b21-15-. The summed E-state index contributed by atoms with van der Waals surface area (Å²) in [6.07, 6.45) is 5.58. The number of rotatable bonds is 3. The molecule has 0 radical (unpaired) electrons. The number of nitrogens with zero attached hydrogens (tertiary/aromatic N) is 3. The Morgan fingerprint density at radius 2 is 1.82 bits per heavy atom. The summed E-state index contributed by atoms with van der Waals surface area (Å²) in [6.45, 7) is 4.10. The van der Waals surface area contributed by atoms with Crippen LogP contribution in [0.1, 0.15) is 36.0 Å². The predicted molar refractivity (Wildman–Crippen MR) is 117 cm³/mol. The molecule has 0 N–H and O–H groups in total. The summed E-state index contributed by atoms with van der Waals surface area (Å²) in [6, 6.07) is 18.2. The van der Waals surface area contributed by atoms with Gasteiger partial charge in [0, 0.05) is 29.1 Å². The van der Waals surface area contributed by atoms with Gasteiger partial charge in [0.1, 0.15) is 5.82 Å². The van der Waals surface area contributed by atoms with Gasteiger partial charge < -0.3 is 4.90 Å². The zero-order chi connectivity index (χ0) is 19.5. The van der Waals surface area contributed by atoms with Crippen LogP contribution in [0.4, 0.5) is 5.82 Å². The molecular weight excluding hydrogens is 366 g/mol. The highest BCUT2D eigenvalue weighted by molar-refractivity contribution is 6.30. The minimum absolute atomic E-state index is 0.614. The molecule has 1 aromatic heterocycles. The summed E-state index contributed by atoms with van der Waals surface area (Å²) in [5.74, 6) is 0.972. The van der Waals surface area contributed by atoms with Gasteiger partial charge in [-0.1, -0.05) is 35.9 Å². The number of hydrogen-bond donors (Lipinski definition) is 0. The van der Waals surface area contributed by atoms with E-state index >= 15 is 0 Å². The molecule has 2 aromatic carbocycles. The molecular formula is C24H22ClN3. The summed E-state index contributed by atoms with van der Waals surface area (Å²) >= 11 is 6.01. The lowest BCUT2D eigenvalue weighted by atomic mass is 10.0. The Balaban J connectivity index is 1.86. The Hall–Kier alpha value is -2.83. The molecule has 0 unspecified atom stereocenters. The molecule has 28 heavy (non-hydrogen) atoms. The second-order valence-electron chi connectivity index (χ2n) is 7.32. The van der Waals surface area contributed by atoms with E-state index in [9.17, 15) is 5.26 Å². The number of benzene rings is 2. The highest BCUT2D eigenvalue weighted by Gasteiger charge is 2.17. The van der Waals surface area contributed by atoms with E-state index in [4.69, 9.17) is 16.6 Å². The third-order valence-corrected chi connectivity index (χ3v) is 5.46.